The van der Waals surface area contributed by atoms with Crippen LogP contribution < -0.4 is 33.5 Å². The Balaban J connectivity index is 0.00000169. The molecule has 1 aromatic heterocycles. The lowest BCUT2D eigenvalue weighted by Crippen LogP contribution is -3.00. The zero-order chi connectivity index (χ0) is 9.68. The van der Waals surface area contributed by atoms with Crippen LogP contribution in [0, 0.1) is 0 Å². The number of halogens is 1. The summed E-state index contributed by atoms with van der Waals surface area (Å²) in [5.41, 5.74) is 0.512. The summed E-state index contributed by atoms with van der Waals surface area (Å²) in [6, 6.07) is 3.28. The number of methoxy groups -OCH3 is 1. The first-order chi connectivity index (χ1) is 6.27. The summed E-state index contributed by atoms with van der Waals surface area (Å²) in [6.45, 7) is 2.48. The normalized spacial score (nSPS) is 8.71. The van der Waals surface area contributed by atoms with Gasteiger partial charge >= 0.3 is 5.97 Å². The zero-order valence-electron chi connectivity index (χ0n) is 8.07. The third-order valence-corrected chi connectivity index (χ3v) is 1.50. The summed E-state index contributed by atoms with van der Waals surface area (Å²) in [5.74, 6) is -0.344. The molecule has 0 aliphatic carbocycles. The Bertz CT molecular complexity index is 287. The molecule has 0 aliphatic heterocycles. The van der Waals surface area contributed by atoms with Crippen molar-refractivity contribution in [1.82, 2.24) is 0 Å². The summed E-state index contributed by atoms with van der Waals surface area (Å²) in [6.07, 6.45) is 3.32. The summed E-state index contributed by atoms with van der Waals surface area (Å²) in [4.78, 5) is 16.1. The Labute approximate surface area is 99.8 Å². The van der Waals surface area contributed by atoms with E-state index in [1.54, 1.807) is 24.5 Å². The average Bonchev–Trinajstić information content (AvgIpc) is 2.18. The highest BCUT2D eigenvalue weighted by Crippen LogP contribution is 1.96. The van der Waals surface area contributed by atoms with Gasteiger partial charge < -0.3 is 28.7 Å². The lowest BCUT2D eigenvalue weighted by atomic mass is 10.3. The quantitative estimate of drug-likeness (QED) is 0.344. The van der Waals surface area contributed by atoms with E-state index in [0.717, 1.165) is 0 Å². The third-order valence-electron chi connectivity index (χ3n) is 1.50. The Morgan fingerprint density at radius 3 is 2.43 bits per heavy atom. The summed E-state index contributed by atoms with van der Waals surface area (Å²) in [5, 5.41) is 0. The highest BCUT2D eigenvalue weighted by atomic mass is 127. The Kier molecular flexibility index (Phi) is 6.18. The van der Waals surface area contributed by atoms with E-state index in [1.165, 1.54) is 11.8 Å². The van der Waals surface area contributed by atoms with Crippen LogP contribution in [0.4, 0.5) is 0 Å². The molecule has 14 heavy (non-hydrogen) atoms. The molecular formula is C9H12INO3. The highest BCUT2D eigenvalue weighted by molar-refractivity contribution is 5.88. The smallest absolute Gasteiger partial charge is 0.338 e. The van der Waals surface area contributed by atoms with Crippen LogP contribution in [-0.2, 0) is 4.74 Å². The van der Waals surface area contributed by atoms with Crippen LogP contribution in [0.2, 0.25) is 0 Å². The number of rotatable bonds is 3. The predicted molar refractivity (Wildman–Crippen MR) is 45.1 cm³/mol. The molecule has 0 spiro atoms. The van der Waals surface area contributed by atoms with Gasteiger partial charge in [0, 0.05) is 16.9 Å². The zero-order valence-corrected chi connectivity index (χ0v) is 10.2. The number of ether oxygens (including phenoxy) is 1. The monoisotopic (exact) mass is 309 g/mol. The van der Waals surface area contributed by atoms with Crippen molar-refractivity contribution >= 4 is 5.97 Å². The lowest BCUT2D eigenvalue weighted by Gasteiger charge is -1.97. The molecule has 1 heterocycles. The van der Waals surface area contributed by atoms with Crippen molar-refractivity contribution in [2.75, 3.05) is 13.7 Å². The van der Waals surface area contributed by atoms with E-state index >= 15 is 0 Å². The standard InChI is InChI=1S/C9H12NO3.HI/c1-3-13-10-6-4-8(5-7-10)9(11)12-2;/h4-7H,3H2,1-2H3;1H/q+1;/p-1. The number of esters is 1. The maximum Gasteiger partial charge on any atom is 0.338 e. The maximum absolute atomic E-state index is 11.0. The van der Waals surface area contributed by atoms with Crippen molar-refractivity contribution in [2.45, 2.75) is 6.92 Å². The molecule has 0 amide bonds. The Morgan fingerprint density at radius 2 is 2.00 bits per heavy atom. The number of hydrogen-bond donors (Lipinski definition) is 0. The van der Waals surface area contributed by atoms with E-state index in [-0.39, 0.29) is 29.9 Å². The van der Waals surface area contributed by atoms with Crippen molar-refractivity contribution in [2.24, 2.45) is 0 Å². The van der Waals surface area contributed by atoms with Gasteiger partial charge in [0.1, 0.15) is 0 Å². The number of carbonyl (C=O) groups is 1. The van der Waals surface area contributed by atoms with Gasteiger partial charge in [0.2, 0.25) is 12.4 Å². The molecule has 0 atom stereocenters. The molecule has 1 aromatic rings. The third kappa shape index (κ3) is 3.49. The molecule has 78 valence electrons. The molecule has 0 N–H and O–H groups in total. The molecule has 1 rings (SSSR count). The molecule has 0 aliphatic rings. The van der Waals surface area contributed by atoms with E-state index in [1.807, 2.05) is 6.92 Å². The van der Waals surface area contributed by atoms with Crippen molar-refractivity contribution in [1.29, 1.82) is 0 Å². The average molecular weight is 309 g/mol. The van der Waals surface area contributed by atoms with Crippen LogP contribution in [0.1, 0.15) is 17.3 Å². The van der Waals surface area contributed by atoms with Gasteiger partial charge in [-0.05, 0) is 6.92 Å². The molecule has 0 saturated carbocycles. The van der Waals surface area contributed by atoms with Gasteiger partial charge in [-0.2, -0.15) is 0 Å². The first-order valence-electron chi connectivity index (χ1n) is 4.01. The topological polar surface area (TPSA) is 39.4 Å². The fourth-order valence-corrected chi connectivity index (χ4v) is 0.902. The van der Waals surface area contributed by atoms with Gasteiger partial charge in [-0.1, -0.05) is 0 Å². The maximum atomic E-state index is 11.0. The van der Waals surface area contributed by atoms with Gasteiger partial charge in [0.25, 0.3) is 0 Å². The second kappa shape index (κ2) is 6.58. The van der Waals surface area contributed by atoms with E-state index in [9.17, 15) is 4.79 Å². The highest BCUT2D eigenvalue weighted by Gasteiger charge is 2.07. The van der Waals surface area contributed by atoms with Crippen molar-refractivity contribution in [3.63, 3.8) is 0 Å². The molecule has 5 heteroatoms. The predicted octanol–water partition coefficient (Wildman–Crippen LogP) is -2.79. The Morgan fingerprint density at radius 1 is 1.43 bits per heavy atom. The van der Waals surface area contributed by atoms with E-state index < -0.39 is 0 Å². The van der Waals surface area contributed by atoms with Gasteiger partial charge in [-0.25, -0.2) is 4.79 Å². The molecule has 0 fully saturated rings. The molecule has 0 unspecified atom stereocenters. The van der Waals surface area contributed by atoms with Gasteiger partial charge in [-0.3, -0.25) is 4.84 Å². The largest absolute Gasteiger partial charge is 1.00 e. The fourth-order valence-electron chi connectivity index (χ4n) is 0.902. The van der Waals surface area contributed by atoms with Gasteiger partial charge in [-0.15, -0.1) is 0 Å². The lowest BCUT2D eigenvalue weighted by molar-refractivity contribution is -0.891. The fraction of sp³-hybridized carbons (Fsp3) is 0.333. The summed E-state index contributed by atoms with van der Waals surface area (Å²) < 4.78 is 6.08. The van der Waals surface area contributed by atoms with Crippen LogP contribution in [0.15, 0.2) is 24.5 Å². The molecule has 0 saturated heterocycles. The van der Waals surface area contributed by atoms with E-state index in [2.05, 4.69) is 4.74 Å². The summed E-state index contributed by atoms with van der Waals surface area (Å²) in [7, 11) is 1.35. The number of pyridine rings is 1. The second-order valence-electron chi connectivity index (χ2n) is 2.36. The first-order valence-corrected chi connectivity index (χ1v) is 4.01. The van der Waals surface area contributed by atoms with E-state index in [4.69, 9.17) is 4.84 Å². The van der Waals surface area contributed by atoms with Crippen LogP contribution in [0.3, 0.4) is 0 Å². The number of aromatic nitrogens is 1. The van der Waals surface area contributed by atoms with Crippen molar-refractivity contribution in [3.05, 3.63) is 30.1 Å². The van der Waals surface area contributed by atoms with Crippen LogP contribution >= 0.6 is 0 Å². The SMILES string of the molecule is CCO[n+]1ccc(C(=O)OC)cc1.[I-]. The van der Waals surface area contributed by atoms with Crippen LogP contribution in [-0.4, -0.2) is 19.7 Å². The van der Waals surface area contributed by atoms with Crippen molar-refractivity contribution in [3.8, 4) is 0 Å². The minimum Gasteiger partial charge on any atom is -1.00 e. The summed E-state index contributed by atoms with van der Waals surface area (Å²) >= 11 is 0. The van der Waals surface area contributed by atoms with Crippen LogP contribution in [0.25, 0.3) is 0 Å². The minimum absolute atomic E-state index is 0. The first kappa shape index (κ1) is 13.2. The molecular weight excluding hydrogens is 297 g/mol. The van der Waals surface area contributed by atoms with Gasteiger partial charge in [0.05, 0.1) is 12.7 Å². The van der Waals surface area contributed by atoms with E-state index in [0.29, 0.717) is 12.2 Å². The molecule has 0 bridgehead atoms. The van der Waals surface area contributed by atoms with Crippen LogP contribution in [0.5, 0.6) is 0 Å². The second-order valence-corrected chi connectivity index (χ2v) is 2.36. The minimum atomic E-state index is -0.344. The number of carbonyl (C=O) groups excluding carboxylic acids is 1. The molecule has 0 aromatic carbocycles. The molecule has 0 radical (unpaired) electrons. The number of hydrogen-bond acceptors (Lipinski definition) is 3. The molecule has 4 nitrogen and oxygen atoms in total. The number of nitrogens with zero attached hydrogens (tertiary/aromatic N) is 1. The van der Waals surface area contributed by atoms with Crippen molar-refractivity contribution < 1.29 is 43.1 Å². The Hall–Kier alpha value is -0.850. The van der Waals surface area contributed by atoms with Gasteiger partial charge in [0.15, 0.2) is 6.61 Å².